The Bertz CT molecular complexity index is 1270. The van der Waals surface area contributed by atoms with Crippen molar-refractivity contribution in [2.45, 2.75) is 32.0 Å². The van der Waals surface area contributed by atoms with Crippen molar-refractivity contribution in [2.75, 3.05) is 18.7 Å². The zero-order chi connectivity index (χ0) is 25.5. The number of aliphatic carboxylic acids is 1. The van der Waals surface area contributed by atoms with Crippen LogP contribution in [0.15, 0.2) is 66.7 Å². The highest BCUT2D eigenvalue weighted by molar-refractivity contribution is 5.92. The average molecular weight is 494 g/mol. The second-order valence-corrected chi connectivity index (χ2v) is 8.05. The molecule has 0 bridgehead atoms. The normalized spacial score (nSPS) is 14.0. The monoisotopic (exact) mass is 493 g/mol. The van der Waals surface area contributed by atoms with Gasteiger partial charge in [0.1, 0.15) is 5.75 Å². The molecule has 3 aromatic carbocycles. The molecular formula is C27H27NO8. The Kier molecular flexibility index (Phi) is 7.92. The predicted octanol–water partition coefficient (Wildman–Crippen LogP) is 5.39. The van der Waals surface area contributed by atoms with Gasteiger partial charge in [0.15, 0.2) is 17.6 Å². The van der Waals surface area contributed by atoms with Gasteiger partial charge in [-0.15, -0.1) is 0 Å². The summed E-state index contributed by atoms with van der Waals surface area (Å²) in [6.45, 7) is 2.30. The molecule has 188 valence electrons. The quantitative estimate of drug-likeness (QED) is 0.321. The molecule has 1 amide bonds. The fourth-order valence-electron chi connectivity index (χ4n) is 4.11. The number of aromatic hydroxyl groups is 1. The van der Waals surface area contributed by atoms with Gasteiger partial charge in [0, 0.05) is 35.4 Å². The number of carbonyl (C=O) groups excluding carboxylic acids is 1. The molecular weight excluding hydrogens is 466 g/mol. The molecule has 9 heteroatoms. The lowest BCUT2D eigenvalue weighted by Crippen LogP contribution is -2.29. The molecule has 0 unspecified atom stereocenters. The van der Waals surface area contributed by atoms with Crippen LogP contribution in [0.3, 0.4) is 0 Å². The van der Waals surface area contributed by atoms with Gasteiger partial charge in [0.2, 0.25) is 6.79 Å². The van der Waals surface area contributed by atoms with Crippen LogP contribution in [0.1, 0.15) is 31.4 Å². The molecule has 36 heavy (non-hydrogen) atoms. The first-order valence-corrected chi connectivity index (χ1v) is 11.5. The summed E-state index contributed by atoms with van der Waals surface area (Å²) in [5.74, 6) is 0.179. The van der Waals surface area contributed by atoms with Gasteiger partial charge in [0.05, 0.1) is 6.10 Å². The fourth-order valence-corrected chi connectivity index (χ4v) is 4.11. The van der Waals surface area contributed by atoms with Crippen LogP contribution in [0.5, 0.6) is 17.2 Å². The SMILES string of the molecule is CCO[C@@H](CC/C=C/C(=O)O)[C@@H](OC(=O)Nc1ccc2c(c1)OCO2)c1ccc(O)c2ccccc12. The second kappa shape index (κ2) is 11.5. The van der Waals surface area contributed by atoms with Crippen molar-refractivity contribution in [3.8, 4) is 17.2 Å². The van der Waals surface area contributed by atoms with Gasteiger partial charge in [-0.3, -0.25) is 5.32 Å². The molecule has 0 fully saturated rings. The van der Waals surface area contributed by atoms with Gasteiger partial charge in [-0.05, 0) is 43.4 Å². The Labute approximate surface area is 207 Å². The summed E-state index contributed by atoms with van der Waals surface area (Å²) in [6.07, 6.45) is 1.27. The highest BCUT2D eigenvalue weighted by Gasteiger charge is 2.29. The van der Waals surface area contributed by atoms with Crippen molar-refractivity contribution in [3.05, 3.63) is 72.3 Å². The Morgan fingerprint density at radius 2 is 1.86 bits per heavy atom. The van der Waals surface area contributed by atoms with Crippen molar-refractivity contribution < 1.29 is 38.7 Å². The Balaban J connectivity index is 1.63. The van der Waals surface area contributed by atoms with E-state index in [0.717, 1.165) is 6.08 Å². The van der Waals surface area contributed by atoms with Crippen molar-refractivity contribution in [3.63, 3.8) is 0 Å². The molecule has 0 spiro atoms. The van der Waals surface area contributed by atoms with Crippen LogP contribution in [0, 0.1) is 0 Å². The molecule has 1 aliphatic rings. The first-order valence-electron chi connectivity index (χ1n) is 11.5. The third-order valence-electron chi connectivity index (χ3n) is 5.69. The number of nitrogens with one attached hydrogen (secondary N) is 1. The van der Waals surface area contributed by atoms with Gasteiger partial charge in [-0.2, -0.15) is 0 Å². The van der Waals surface area contributed by atoms with E-state index in [-0.39, 0.29) is 12.5 Å². The lowest BCUT2D eigenvalue weighted by atomic mass is 9.94. The average Bonchev–Trinajstić information content (AvgIpc) is 3.33. The topological polar surface area (TPSA) is 124 Å². The number of carbonyl (C=O) groups is 2. The highest BCUT2D eigenvalue weighted by atomic mass is 16.7. The van der Waals surface area contributed by atoms with Gasteiger partial charge in [-0.1, -0.05) is 36.4 Å². The Morgan fingerprint density at radius 1 is 1.08 bits per heavy atom. The van der Waals surface area contributed by atoms with E-state index in [0.29, 0.717) is 53.0 Å². The van der Waals surface area contributed by atoms with Gasteiger partial charge < -0.3 is 29.2 Å². The van der Waals surface area contributed by atoms with Crippen LogP contribution in [0.2, 0.25) is 0 Å². The van der Waals surface area contributed by atoms with Crippen LogP contribution >= 0.6 is 0 Å². The van der Waals surface area contributed by atoms with Crippen LogP contribution in [-0.2, 0) is 14.3 Å². The summed E-state index contributed by atoms with van der Waals surface area (Å²) < 4.78 is 22.6. The highest BCUT2D eigenvalue weighted by Crippen LogP contribution is 2.37. The van der Waals surface area contributed by atoms with Crippen molar-refractivity contribution in [2.24, 2.45) is 0 Å². The lowest BCUT2D eigenvalue weighted by molar-refractivity contribution is -0.131. The molecule has 4 rings (SSSR count). The van der Waals surface area contributed by atoms with Crippen molar-refractivity contribution >= 4 is 28.5 Å². The van der Waals surface area contributed by atoms with Crippen LogP contribution < -0.4 is 14.8 Å². The number of rotatable bonds is 10. The molecule has 0 saturated heterocycles. The van der Waals surface area contributed by atoms with E-state index in [4.69, 9.17) is 24.1 Å². The number of carboxylic acids is 1. The van der Waals surface area contributed by atoms with E-state index in [1.807, 2.05) is 25.1 Å². The van der Waals surface area contributed by atoms with Gasteiger partial charge in [-0.25, -0.2) is 9.59 Å². The maximum absolute atomic E-state index is 13.0. The molecule has 1 heterocycles. The summed E-state index contributed by atoms with van der Waals surface area (Å²) in [7, 11) is 0. The number of hydrogen-bond acceptors (Lipinski definition) is 7. The standard InChI is InChI=1S/C27H27NO8/c1-2-33-23(9-5-6-10-25(30)31)26(20-12-13-21(29)19-8-4-3-7-18(19)20)36-27(32)28-17-11-14-22-24(15-17)35-16-34-22/h3-4,6-8,10-15,23,26,29H,2,5,9,16H2,1H3,(H,28,32)(H,30,31)/b10-6+/t23-,26-/m0/s1. The molecule has 0 aromatic heterocycles. The van der Waals surface area contributed by atoms with Crippen molar-refractivity contribution in [1.82, 2.24) is 0 Å². The summed E-state index contributed by atoms with van der Waals surface area (Å²) in [5.41, 5.74) is 1.13. The number of fused-ring (bicyclic) bond motifs is 2. The zero-order valence-electron chi connectivity index (χ0n) is 19.7. The van der Waals surface area contributed by atoms with E-state index in [9.17, 15) is 14.7 Å². The number of ether oxygens (including phenoxy) is 4. The summed E-state index contributed by atoms with van der Waals surface area (Å²) in [6, 6.07) is 15.5. The summed E-state index contributed by atoms with van der Waals surface area (Å²) in [4.78, 5) is 23.9. The van der Waals surface area contributed by atoms with E-state index in [1.54, 1.807) is 36.4 Å². The molecule has 3 aromatic rings. The molecule has 3 N–H and O–H groups in total. The summed E-state index contributed by atoms with van der Waals surface area (Å²) in [5, 5.41) is 23.3. The number of hydrogen-bond donors (Lipinski definition) is 3. The van der Waals surface area contributed by atoms with Crippen molar-refractivity contribution in [1.29, 1.82) is 0 Å². The maximum Gasteiger partial charge on any atom is 0.412 e. The van der Waals surface area contributed by atoms with Crippen LogP contribution in [-0.4, -0.2) is 41.8 Å². The Hall–Kier alpha value is -4.24. The minimum atomic E-state index is -1.04. The van der Waals surface area contributed by atoms with Crippen LogP contribution in [0.4, 0.5) is 10.5 Å². The largest absolute Gasteiger partial charge is 0.507 e. The number of carboxylic acid groups (broad SMARTS) is 1. The van der Waals surface area contributed by atoms with E-state index < -0.39 is 24.3 Å². The number of allylic oxidation sites excluding steroid dienone is 1. The van der Waals surface area contributed by atoms with Crippen LogP contribution in [0.25, 0.3) is 10.8 Å². The third-order valence-corrected chi connectivity index (χ3v) is 5.69. The zero-order valence-corrected chi connectivity index (χ0v) is 19.7. The Morgan fingerprint density at radius 3 is 2.64 bits per heavy atom. The molecule has 2 atom stereocenters. The molecule has 9 nitrogen and oxygen atoms in total. The fraction of sp³-hybridized carbons (Fsp3) is 0.259. The molecule has 0 saturated carbocycles. The first kappa shape index (κ1) is 24.9. The van der Waals surface area contributed by atoms with E-state index in [2.05, 4.69) is 5.32 Å². The number of anilines is 1. The predicted molar refractivity (Wildman–Crippen MR) is 132 cm³/mol. The molecule has 1 aliphatic heterocycles. The van der Waals surface area contributed by atoms with E-state index in [1.165, 1.54) is 6.08 Å². The smallest absolute Gasteiger partial charge is 0.412 e. The molecule has 0 radical (unpaired) electrons. The minimum absolute atomic E-state index is 0.107. The third kappa shape index (κ3) is 5.87. The number of phenols is 1. The number of amides is 1. The van der Waals surface area contributed by atoms with Gasteiger partial charge >= 0.3 is 12.1 Å². The number of phenolic OH excluding ortho intramolecular Hbond substituents is 1. The number of benzene rings is 3. The first-order chi connectivity index (χ1) is 17.5. The second-order valence-electron chi connectivity index (χ2n) is 8.05. The molecule has 0 aliphatic carbocycles. The maximum atomic E-state index is 13.0. The minimum Gasteiger partial charge on any atom is -0.507 e. The lowest BCUT2D eigenvalue weighted by Gasteiger charge is -2.28. The van der Waals surface area contributed by atoms with E-state index >= 15 is 0 Å². The van der Waals surface area contributed by atoms with Gasteiger partial charge in [0.25, 0.3) is 0 Å². The summed E-state index contributed by atoms with van der Waals surface area (Å²) >= 11 is 0.